The first-order chi connectivity index (χ1) is 18.8. The number of ketones is 2. The van der Waals surface area contributed by atoms with Gasteiger partial charge in [-0.3, -0.25) is 19.3 Å². The minimum atomic E-state index is -2.66. The summed E-state index contributed by atoms with van der Waals surface area (Å²) in [6.07, 6.45) is 0.295. The van der Waals surface area contributed by atoms with E-state index < -0.39 is 58.0 Å². The summed E-state index contributed by atoms with van der Waals surface area (Å²) in [5, 5.41) is 45.7. The average molecular weight is 571 g/mol. The van der Waals surface area contributed by atoms with Gasteiger partial charge in [-0.15, -0.1) is 0 Å². The van der Waals surface area contributed by atoms with Gasteiger partial charge < -0.3 is 36.0 Å². The molecule has 11 nitrogen and oxygen atoms in total. The molecular formula is C30H42N4O7. The number of aliphatic hydroxyl groups is 3. The first kappa shape index (κ1) is 30.5. The van der Waals surface area contributed by atoms with Crippen LogP contribution in [0.4, 0.5) is 5.69 Å². The molecule has 0 saturated heterocycles. The predicted octanol–water partition coefficient (Wildman–Crippen LogP) is 1.66. The number of likely N-dealkylation sites (N-methyl/N-ethyl adjacent to an activating group) is 1. The Morgan fingerprint density at radius 2 is 1.71 bits per heavy atom. The smallest absolute Gasteiger partial charge is 0.255 e. The van der Waals surface area contributed by atoms with E-state index in [2.05, 4.69) is 20.8 Å². The van der Waals surface area contributed by atoms with Crippen LogP contribution in [0.5, 0.6) is 5.75 Å². The molecule has 1 amide bonds. The van der Waals surface area contributed by atoms with Crippen LogP contribution in [0.25, 0.3) is 0 Å². The van der Waals surface area contributed by atoms with Crippen LogP contribution in [-0.2, 0) is 22.6 Å². The third-order valence-corrected chi connectivity index (χ3v) is 8.44. The van der Waals surface area contributed by atoms with E-state index in [1.54, 1.807) is 14.1 Å². The lowest BCUT2D eigenvalue weighted by molar-refractivity contribution is -0.148. The first-order valence-electron chi connectivity index (χ1n) is 13.7. The Hall–Kier alpha value is -3.41. The Kier molecular flexibility index (Phi) is 7.56. The van der Waals surface area contributed by atoms with E-state index >= 15 is 0 Å². The number of rotatable bonds is 6. The SMILES string of the molecule is CN(Cc1cc(N(C)C)c2c(c1O)C(=O)C1=C(O)[C@]3(O)C(=O)C(C(N)=O)=C(O)[C@@H](N(C)C)[C@@H]3CC1C2)CC(C)(C)C. The van der Waals surface area contributed by atoms with E-state index in [0.717, 1.165) is 12.2 Å². The van der Waals surface area contributed by atoms with Gasteiger partial charge in [-0.1, -0.05) is 20.8 Å². The van der Waals surface area contributed by atoms with Crippen molar-refractivity contribution in [2.24, 2.45) is 23.0 Å². The molecule has 0 radical (unpaired) electrons. The number of primary amides is 1. The monoisotopic (exact) mass is 570 g/mol. The van der Waals surface area contributed by atoms with Gasteiger partial charge in [-0.2, -0.15) is 0 Å². The molecule has 0 bridgehead atoms. The Morgan fingerprint density at radius 3 is 2.22 bits per heavy atom. The van der Waals surface area contributed by atoms with Crippen molar-refractivity contribution in [3.8, 4) is 5.75 Å². The van der Waals surface area contributed by atoms with Crippen molar-refractivity contribution in [1.29, 1.82) is 0 Å². The van der Waals surface area contributed by atoms with Gasteiger partial charge in [-0.25, -0.2) is 0 Å². The number of aliphatic hydroxyl groups excluding tert-OH is 2. The highest BCUT2D eigenvalue weighted by Crippen LogP contribution is 2.53. The van der Waals surface area contributed by atoms with E-state index in [9.17, 15) is 34.8 Å². The Labute approximate surface area is 240 Å². The number of hydrogen-bond donors (Lipinski definition) is 5. The molecule has 0 heterocycles. The number of phenolic OH excluding ortho intramolecular Hbond substituents is 1. The second kappa shape index (κ2) is 10.1. The molecule has 1 aromatic rings. The van der Waals surface area contributed by atoms with Gasteiger partial charge >= 0.3 is 0 Å². The van der Waals surface area contributed by atoms with Crippen LogP contribution in [0.2, 0.25) is 0 Å². The van der Waals surface area contributed by atoms with E-state index in [1.807, 2.05) is 37.0 Å². The molecule has 4 rings (SSSR count). The zero-order valence-corrected chi connectivity index (χ0v) is 25.1. The summed E-state index contributed by atoms with van der Waals surface area (Å²) in [7, 11) is 8.83. The zero-order valence-electron chi connectivity index (χ0n) is 25.1. The van der Waals surface area contributed by atoms with Crippen molar-refractivity contribution < 1.29 is 34.8 Å². The number of nitrogens with two attached hydrogens (primary N) is 1. The largest absolute Gasteiger partial charge is 0.510 e. The van der Waals surface area contributed by atoms with Gasteiger partial charge in [0.15, 0.2) is 11.4 Å². The standard InChI is InChI=1S/C30H42N4O7/c1-29(2,3)13-34(8)12-15-11-18(32(4)5)16-9-14-10-17-22(33(6)7)25(37)21(28(31)40)27(39)30(17,41)26(38)19(14)24(36)20(16)23(15)35/h11,14,17,22,35,37-38,41H,9-10,12-13H2,1-8H3,(H2,31,40)/t14?,17-,22-,30-/m0/s1. The quantitative estimate of drug-likeness (QED) is 0.317. The second-order valence-corrected chi connectivity index (χ2v) is 13.3. The number of carbonyl (C=O) groups is 3. The number of phenols is 1. The van der Waals surface area contributed by atoms with Crippen LogP contribution >= 0.6 is 0 Å². The molecule has 6 N–H and O–H groups in total. The van der Waals surface area contributed by atoms with Crippen molar-refractivity contribution >= 4 is 23.2 Å². The number of amides is 1. The zero-order chi connectivity index (χ0) is 30.9. The molecule has 3 aliphatic carbocycles. The maximum absolute atomic E-state index is 14.1. The molecule has 224 valence electrons. The van der Waals surface area contributed by atoms with Gasteiger partial charge in [0.1, 0.15) is 22.8 Å². The summed E-state index contributed by atoms with van der Waals surface area (Å²) in [4.78, 5) is 45.3. The van der Waals surface area contributed by atoms with E-state index in [-0.39, 0.29) is 35.1 Å². The van der Waals surface area contributed by atoms with Crippen molar-refractivity contribution in [2.75, 3.05) is 46.7 Å². The van der Waals surface area contributed by atoms with E-state index in [1.165, 1.54) is 4.90 Å². The van der Waals surface area contributed by atoms with Crippen LogP contribution in [-0.4, -0.2) is 101 Å². The fourth-order valence-corrected chi connectivity index (χ4v) is 7.03. The normalized spacial score (nSPS) is 26.4. The maximum atomic E-state index is 14.1. The minimum Gasteiger partial charge on any atom is -0.510 e. The summed E-state index contributed by atoms with van der Waals surface area (Å²) in [5.41, 5.74) is 3.67. The lowest BCUT2D eigenvalue weighted by Crippen LogP contribution is -2.63. The van der Waals surface area contributed by atoms with Gasteiger partial charge in [0.05, 0.1) is 11.6 Å². The number of carbonyl (C=O) groups excluding carboxylic acids is 3. The van der Waals surface area contributed by atoms with E-state index in [0.29, 0.717) is 17.7 Å². The highest BCUT2D eigenvalue weighted by atomic mass is 16.3. The van der Waals surface area contributed by atoms with E-state index in [4.69, 9.17) is 5.73 Å². The average Bonchev–Trinajstić information content (AvgIpc) is 2.81. The lowest BCUT2D eigenvalue weighted by atomic mass is 9.58. The fourth-order valence-electron chi connectivity index (χ4n) is 7.03. The molecule has 3 aliphatic rings. The third kappa shape index (κ3) is 4.79. The van der Waals surface area contributed by atoms with Crippen molar-refractivity contribution in [1.82, 2.24) is 9.80 Å². The minimum absolute atomic E-state index is 0.000274. The summed E-state index contributed by atoms with van der Waals surface area (Å²) in [6, 6.07) is 0.845. The molecule has 0 aromatic heterocycles. The highest BCUT2D eigenvalue weighted by molar-refractivity contribution is 6.24. The topological polar surface area (TPSA) is 168 Å². The van der Waals surface area contributed by atoms with Crippen LogP contribution < -0.4 is 10.6 Å². The number of aromatic hydroxyl groups is 1. The molecule has 1 aromatic carbocycles. The van der Waals surface area contributed by atoms with Crippen LogP contribution in [0.3, 0.4) is 0 Å². The third-order valence-electron chi connectivity index (χ3n) is 8.44. The Bertz CT molecular complexity index is 1390. The van der Waals surface area contributed by atoms with Crippen LogP contribution in [0.15, 0.2) is 28.7 Å². The molecule has 0 saturated carbocycles. The van der Waals surface area contributed by atoms with Crippen molar-refractivity contribution in [2.45, 2.75) is 51.8 Å². The van der Waals surface area contributed by atoms with Crippen LogP contribution in [0.1, 0.15) is 48.7 Å². The summed E-state index contributed by atoms with van der Waals surface area (Å²) < 4.78 is 0. The van der Waals surface area contributed by atoms with Crippen LogP contribution in [0, 0.1) is 17.3 Å². The number of benzene rings is 1. The maximum Gasteiger partial charge on any atom is 0.255 e. The predicted molar refractivity (Wildman–Crippen MR) is 154 cm³/mol. The number of allylic oxidation sites excluding steroid dienone is 1. The second-order valence-electron chi connectivity index (χ2n) is 13.3. The van der Waals surface area contributed by atoms with Crippen molar-refractivity contribution in [3.05, 3.63) is 45.4 Å². The molecular weight excluding hydrogens is 528 g/mol. The number of hydrogen-bond acceptors (Lipinski definition) is 10. The summed E-state index contributed by atoms with van der Waals surface area (Å²) in [5.74, 6) is -6.51. The van der Waals surface area contributed by atoms with Gasteiger partial charge in [0.25, 0.3) is 5.91 Å². The number of fused-ring (bicyclic) bond motifs is 3. The molecule has 0 spiro atoms. The number of Topliss-reactive ketones (excluding diaryl/α,β-unsaturated/α-hetero) is 2. The lowest BCUT2D eigenvalue weighted by Gasteiger charge is -2.50. The summed E-state index contributed by atoms with van der Waals surface area (Å²) in [6.45, 7) is 7.41. The molecule has 11 heteroatoms. The Balaban J connectivity index is 1.91. The fraction of sp³-hybridized carbons (Fsp3) is 0.567. The van der Waals surface area contributed by atoms with Gasteiger partial charge in [0.2, 0.25) is 5.78 Å². The highest BCUT2D eigenvalue weighted by Gasteiger charge is 2.63. The van der Waals surface area contributed by atoms with Gasteiger partial charge in [0, 0.05) is 49.9 Å². The molecule has 0 fully saturated rings. The van der Waals surface area contributed by atoms with Gasteiger partial charge in [-0.05, 0) is 56.9 Å². The first-order valence-corrected chi connectivity index (χ1v) is 13.7. The number of anilines is 1. The molecule has 1 unspecified atom stereocenters. The number of nitrogens with zero attached hydrogens (tertiary/aromatic N) is 3. The Morgan fingerprint density at radius 1 is 1.10 bits per heavy atom. The summed E-state index contributed by atoms with van der Waals surface area (Å²) >= 11 is 0. The molecule has 4 atom stereocenters. The van der Waals surface area contributed by atoms with Crippen molar-refractivity contribution in [3.63, 3.8) is 0 Å². The molecule has 0 aliphatic heterocycles. The molecule has 41 heavy (non-hydrogen) atoms.